The zero-order valence-corrected chi connectivity index (χ0v) is 27.9. The third-order valence-electron chi connectivity index (χ3n) is 7.30. The fourth-order valence-corrected chi connectivity index (χ4v) is 6.31. The van der Waals surface area contributed by atoms with Crippen LogP contribution in [0.1, 0.15) is 38.3 Å². The normalized spacial score (nSPS) is 11.8. The highest BCUT2D eigenvalue weighted by Gasteiger charge is 2.35. The van der Waals surface area contributed by atoms with E-state index in [1.165, 1.54) is 57.6 Å². The largest absolute Gasteiger partial charge is 0.497 e. The highest BCUT2D eigenvalue weighted by atomic mass is 32.2. The standard InChI is InChI=1S/C33H43N3O8S/c1-9-27(33(38)34-22(2)3)35(20-24-13-11-10-12-23(24)4)32(37)21-36(28-18-25(41-5)14-16-29(28)42-6)45(39,40)26-15-17-30(43-7)31(19-26)44-8/h10-19,22,27H,9,20-21H2,1-8H3,(H,34,38). The molecule has 0 spiro atoms. The van der Waals surface area contributed by atoms with Gasteiger partial charge in [-0.2, -0.15) is 0 Å². The third kappa shape index (κ3) is 8.18. The molecule has 0 aliphatic rings. The molecule has 2 amide bonds. The molecular weight excluding hydrogens is 598 g/mol. The van der Waals surface area contributed by atoms with Gasteiger partial charge in [0, 0.05) is 24.7 Å². The average molecular weight is 642 g/mol. The van der Waals surface area contributed by atoms with Gasteiger partial charge in [0.15, 0.2) is 11.5 Å². The van der Waals surface area contributed by atoms with E-state index in [9.17, 15) is 18.0 Å². The Bertz CT molecular complexity index is 1590. The van der Waals surface area contributed by atoms with Crippen molar-refractivity contribution >= 4 is 27.5 Å². The summed E-state index contributed by atoms with van der Waals surface area (Å²) < 4.78 is 51.5. The number of carbonyl (C=O) groups is 2. The smallest absolute Gasteiger partial charge is 0.265 e. The SMILES string of the molecule is CCC(C(=O)NC(C)C)N(Cc1ccccc1C)C(=O)CN(c1cc(OC)ccc1OC)S(=O)(=O)c1ccc(OC)c(OC)c1. The van der Waals surface area contributed by atoms with Crippen molar-refractivity contribution in [3.8, 4) is 23.0 Å². The van der Waals surface area contributed by atoms with E-state index in [4.69, 9.17) is 18.9 Å². The van der Waals surface area contributed by atoms with Crippen LogP contribution in [0.2, 0.25) is 0 Å². The molecule has 45 heavy (non-hydrogen) atoms. The topological polar surface area (TPSA) is 124 Å². The summed E-state index contributed by atoms with van der Waals surface area (Å²) in [4.78, 5) is 29.1. The van der Waals surface area contributed by atoms with E-state index in [0.29, 0.717) is 17.9 Å². The number of hydrogen-bond acceptors (Lipinski definition) is 8. The second-order valence-corrected chi connectivity index (χ2v) is 12.5. The van der Waals surface area contributed by atoms with Gasteiger partial charge >= 0.3 is 0 Å². The average Bonchev–Trinajstić information content (AvgIpc) is 3.03. The van der Waals surface area contributed by atoms with E-state index < -0.39 is 28.5 Å². The lowest BCUT2D eigenvalue weighted by Crippen LogP contribution is -2.53. The molecule has 1 unspecified atom stereocenters. The van der Waals surface area contributed by atoms with E-state index >= 15 is 0 Å². The van der Waals surface area contributed by atoms with Crippen molar-refractivity contribution in [3.63, 3.8) is 0 Å². The fourth-order valence-electron chi connectivity index (χ4n) is 4.88. The molecule has 0 bridgehead atoms. The lowest BCUT2D eigenvalue weighted by Gasteiger charge is -2.34. The van der Waals surface area contributed by atoms with Crippen molar-refractivity contribution in [1.82, 2.24) is 10.2 Å². The molecule has 0 radical (unpaired) electrons. The van der Waals surface area contributed by atoms with Crippen LogP contribution >= 0.6 is 0 Å². The molecule has 12 heteroatoms. The summed E-state index contributed by atoms with van der Waals surface area (Å²) in [5.74, 6) is 0.165. The summed E-state index contributed by atoms with van der Waals surface area (Å²) in [6.07, 6.45) is 0.307. The van der Waals surface area contributed by atoms with Crippen molar-refractivity contribution in [2.75, 3.05) is 39.3 Å². The molecule has 0 aliphatic heterocycles. The van der Waals surface area contributed by atoms with Crippen LogP contribution < -0.4 is 28.6 Å². The molecule has 0 aromatic heterocycles. The summed E-state index contributed by atoms with van der Waals surface area (Å²) in [6, 6.07) is 15.4. The van der Waals surface area contributed by atoms with Gasteiger partial charge in [-0.25, -0.2) is 8.42 Å². The molecule has 11 nitrogen and oxygen atoms in total. The first kappa shape index (κ1) is 35.0. The second kappa shape index (κ2) is 15.5. The first-order valence-corrected chi connectivity index (χ1v) is 16.0. The molecule has 0 saturated heterocycles. The Kier molecular flexibility index (Phi) is 12.1. The van der Waals surface area contributed by atoms with E-state index in [-0.39, 0.29) is 40.6 Å². The van der Waals surface area contributed by atoms with E-state index in [1.807, 2.05) is 52.0 Å². The first-order chi connectivity index (χ1) is 21.4. The molecule has 244 valence electrons. The van der Waals surface area contributed by atoms with Crippen LogP contribution in [0, 0.1) is 6.92 Å². The van der Waals surface area contributed by atoms with Gasteiger partial charge in [0.05, 0.1) is 39.0 Å². The number of amides is 2. The molecule has 3 rings (SSSR count). The van der Waals surface area contributed by atoms with E-state index in [2.05, 4.69) is 5.32 Å². The summed E-state index contributed by atoms with van der Waals surface area (Å²) in [5, 5.41) is 2.90. The predicted octanol–water partition coefficient (Wildman–Crippen LogP) is 4.56. The predicted molar refractivity (Wildman–Crippen MR) is 173 cm³/mol. The Morgan fingerprint density at radius 1 is 0.844 bits per heavy atom. The van der Waals surface area contributed by atoms with Gasteiger partial charge in [-0.05, 0) is 62.6 Å². The van der Waals surface area contributed by atoms with Gasteiger partial charge in [0.1, 0.15) is 24.1 Å². The number of benzene rings is 3. The Hall–Kier alpha value is -4.45. The third-order valence-corrected chi connectivity index (χ3v) is 9.05. The number of methoxy groups -OCH3 is 4. The summed E-state index contributed by atoms with van der Waals surface area (Å²) in [5.41, 5.74) is 1.84. The van der Waals surface area contributed by atoms with Gasteiger partial charge in [-0.3, -0.25) is 13.9 Å². The van der Waals surface area contributed by atoms with Crippen molar-refractivity contribution in [2.45, 2.75) is 57.6 Å². The molecule has 3 aromatic carbocycles. The van der Waals surface area contributed by atoms with Crippen LogP contribution in [0.5, 0.6) is 23.0 Å². The van der Waals surface area contributed by atoms with Crippen LogP contribution in [0.4, 0.5) is 5.69 Å². The fraction of sp³-hybridized carbons (Fsp3) is 0.394. The number of rotatable bonds is 15. The van der Waals surface area contributed by atoms with Gasteiger partial charge in [0.2, 0.25) is 11.8 Å². The van der Waals surface area contributed by atoms with Crippen LogP contribution in [0.15, 0.2) is 65.6 Å². The molecule has 0 heterocycles. The Morgan fingerprint density at radius 3 is 2.07 bits per heavy atom. The molecule has 3 aromatic rings. The van der Waals surface area contributed by atoms with Crippen molar-refractivity contribution in [1.29, 1.82) is 0 Å². The molecule has 0 aliphatic carbocycles. The number of aryl methyl sites for hydroxylation is 1. The Labute approximate surface area is 266 Å². The number of anilines is 1. The molecule has 1 N–H and O–H groups in total. The maximum Gasteiger partial charge on any atom is 0.265 e. The van der Waals surface area contributed by atoms with Crippen LogP contribution in [-0.4, -0.2) is 72.2 Å². The molecular formula is C33H43N3O8S. The maximum atomic E-state index is 14.4. The Balaban J connectivity index is 2.21. The van der Waals surface area contributed by atoms with Crippen LogP contribution in [0.25, 0.3) is 0 Å². The second-order valence-electron chi connectivity index (χ2n) is 10.6. The van der Waals surface area contributed by atoms with Gasteiger partial charge < -0.3 is 29.2 Å². The van der Waals surface area contributed by atoms with Crippen molar-refractivity contribution < 1.29 is 37.0 Å². The lowest BCUT2D eigenvalue weighted by atomic mass is 10.1. The number of carbonyl (C=O) groups excluding carboxylic acids is 2. The van der Waals surface area contributed by atoms with E-state index in [1.54, 1.807) is 12.1 Å². The number of hydrogen-bond donors (Lipinski definition) is 1. The van der Waals surface area contributed by atoms with Gasteiger partial charge in [-0.1, -0.05) is 31.2 Å². The first-order valence-electron chi connectivity index (χ1n) is 14.5. The monoisotopic (exact) mass is 641 g/mol. The summed E-state index contributed by atoms with van der Waals surface area (Å²) >= 11 is 0. The highest BCUT2D eigenvalue weighted by molar-refractivity contribution is 7.92. The number of nitrogens with one attached hydrogen (secondary N) is 1. The quantitative estimate of drug-likeness (QED) is 0.256. The minimum absolute atomic E-state index is 0.0792. The van der Waals surface area contributed by atoms with Gasteiger partial charge in [-0.15, -0.1) is 0 Å². The molecule has 0 saturated carbocycles. The minimum atomic E-state index is -4.44. The van der Waals surface area contributed by atoms with Crippen LogP contribution in [0.3, 0.4) is 0 Å². The zero-order valence-electron chi connectivity index (χ0n) is 27.1. The van der Waals surface area contributed by atoms with Crippen molar-refractivity contribution in [3.05, 3.63) is 71.8 Å². The zero-order chi connectivity index (χ0) is 33.3. The minimum Gasteiger partial charge on any atom is -0.497 e. The van der Waals surface area contributed by atoms with Crippen molar-refractivity contribution in [2.24, 2.45) is 0 Å². The summed E-state index contributed by atoms with van der Waals surface area (Å²) in [7, 11) is 1.27. The van der Waals surface area contributed by atoms with Gasteiger partial charge in [0.25, 0.3) is 10.0 Å². The Morgan fingerprint density at radius 2 is 1.49 bits per heavy atom. The molecule has 1 atom stereocenters. The van der Waals surface area contributed by atoms with Crippen LogP contribution in [-0.2, 0) is 26.2 Å². The maximum absolute atomic E-state index is 14.4. The molecule has 0 fully saturated rings. The number of nitrogens with zero attached hydrogens (tertiary/aromatic N) is 2. The lowest BCUT2D eigenvalue weighted by molar-refractivity contribution is -0.140. The van der Waals surface area contributed by atoms with E-state index in [0.717, 1.165) is 15.4 Å². The number of sulfonamides is 1. The highest BCUT2D eigenvalue weighted by Crippen LogP contribution is 2.38. The summed E-state index contributed by atoms with van der Waals surface area (Å²) in [6.45, 7) is 6.86. The number of ether oxygens (including phenoxy) is 4.